The minimum absolute atomic E-state index is 0.201. The maximum atomic E-state index is 6.00. The van der Waals surface area contributed by atoms with Crippen molar-refractivity contribution in [3.63, 3.8) is 0 Å². The standard InChI is InChI=1S/C21H20N2O3/c1-21(2)13-16-9-6-10-17(20(16)26-21)24-14-19-23-22-18(25-19)12-11-15-7-4-3-5-8-15/h3-12H,13-14H2,1-2H3. The van der Waals surface area contributed by atoms with Crippen molar-refractivity contribution in [1.82, 2.24) is 10.2 Å². The summed E-state index contributed by atoms with van der Waals surface area (Å²) in [6.45, 7) is 4.34. The van der Waals surface area contributed by atoms with Gasteiger partial charge in [-0.1, -0.05) is 42.5 Å². The molecule has 5 heteroatoms. The fourth-order valence-electron chi connectivity index (χ4n) is 2.96. The average Bonchev–Trinajstić information content (AvgIpc) is 3.21. The van der Waals surface area contributed by atoms with Gasteiger partial charge in [0.1, 0.15) is 5.60 Å². The fourth-order valence-corrected chi connectivity index (χ4v) is 2.96. The Kier molecular flexibility index (Phi) is 4.21. The molecule has 1 aliphatic heterocycles. The molecule has 0 N–H and O–H groups in total. The van der Waals surface area contributed by atoms with Crippen molar-refractivity contribution in [2.75, 3.05) is 0 Å². The van der Waals surface area contributed by atoms with Gasteiger partial charge < -0.3 is 13.9 Å². The highest BCUT2D eigenvalue weighted by Gasteiger charge is 2.32. The predicted molar refractivity (Wildman–Crippen MR) is 98.9 cm³/mol. The Morgan fingerprint density at radius 3 is 2.73 bits per heavy atom. The van der Waals surface area contributed by atoms with Gasteiger partial charge in [-0.05, 0) is 31.6 Å². The van der Waals surface area contributed by atoms with Gasteiger partial charge in [-0.2, -0.15) is 0 Å². The smallest absolute Gasteiger partial charge is 0.254 e. The number of rotatable bonds is 5. The Morgan fingerprint density at radius 1 is 1.04 bits per heavy atom. The van der Waals surface area contributed by atoms with Crippen LogP contribution in [0.3, 0.4) is 0 Å². The molecule has 4 rings (SSSR count). The Labute approximate surface area is 152 Å². The molecule has 0 amide bonds. The molecule has 0 aliphatic carbocycles. The molecule has 0 fully saturated rings. The van der Waals surface area contributed by atoms with E-state index in [1.54, 1.807) is 6.08 Å². The molecule has 0 saturated carbocycles. The van der Waals surface area contributed by atoms with Gasteiger partial charge in [0.15, 0.2) is 18.1 Å². The number of para-hydroxylation sites is 1. The van der Waals surface area contributed by atoms with Crippen LogP contribution in [0, 0.1) is 0 Å². The third-order valence-corrected chi connectivity index (χ3v) is 4.11. The molecule has 132 valence electrons. The van der Waals surface area contributed by atoms with E-state index in [2.05, 4.69) is 30.1 Å². The third-order valence-electron chi connectivity index (χ3n) is 4.11. The molecule has 0 atom stereocenters. The summed E-state index contributed by atoms with van der Waals surface area (Å²) < 4.78 is 17.5. The van der Waals surface area contributed by atoms with Gasteiger partial charge in [0.05, 0.1) is 0 Å². The summed E-state index contributed by atoms with van der Waals surface area (Å²) >= 11 is 0. The first-order chi connectivity index (χ1) is 12.6. The molecule has 1 aliphatic rings. The van der Waals surface area contributed by atoms with Gasteiger partial charge in [-0.15, -0.1) is 10.2 Å². The minimum Gasteiger partial charge on any atom is -0.483 e. The number of benzene rings is 2. The second-order valence-electron chi connectivity index (χ2n) is 6.85. The van der Waals surface area contributed by atoms with E-state index >= 15 is 0 Å². The molecule has 0 bridgehead atoms. The van der Waals surface area contributed by atoms with Crippen LogP contribution in [0.4, 0.5) is 0 Å². The number of hydrogen-bond donors (Lipinski definition) is 0. The van der Waals surface area contributed by atoms with Gasteiger partial charge in [0, 0.05) is 18.1 Å². The van der Waals surface area contributed by atoms with Crippen LogP contribution in [0.1, 0.15) is 36.8 Å². The van der Waals surface area contributed by atoms with Crippen molar-refractivity contribution in [1.29, 1.82) is 0 Å². The van der Waals surface area contributed by atoms with E-state index in [1.807, 2.05) is 48.5 Å². The molecule has 0 saturated heterocycles. The molecule has 0 unspecified atom stereocenters. The van der Waals surface area contributed by atoms with Crippen molar-refractivity contribution < 1.29 is 13.9 Å². The van der Waals surface area contributed by atoms with E-state index in [4.69, 9.17) is 13.9 Å². The first-order valence-electron chi connectivity index (χ1n) is 8.58. The largest absolute Gasteiger partial charge is 0.483 e. The van der Waals surface area contributed by atoms with Crippen LogP contribution in [0.2, 0.25) is 0 Å². The van der Waals surface area contributed by atoms with Crippen LogP contribution in [0.25, 0.3) is 12.2 Å². The third kappa shape index (κ3) is 3.61. The van der Waals surface area contributed by atoms with Gasteiger partial charge in [0.25, 0.3) is 5.89 Å². The Morgan fingerprint density at radius 2 is 1.88 bits per heavy atom. The van der Waals surface area contributed by atoms with Crippen molar-refractivity contribution >= 4 is 12.2 Å². The summed E-state index contributed by atoms with van der Waals surface area (Å²) in [4.78, 5) is 0. The lowest BCUT2D eigenvalue weighted by Gasteiger charge is -2.18. The number of aromatic nitrogens is 2. The SMILES string of the molecule is CC1(C)Cc2cccc(OCc3nnc(C=Cc4ccccc4)o3)c2O1. The molecule has 26 heavy (non-hydrogen) atoms. The fraction of sp³-hybridized carbons (Fsp3) is 0.238. The summed E-state index contributed by atoms with van der Waals surface area (Å²) in [5.74, 6) is 2.38. The number of fused-ring (bicyclic) bond motifs is 1. The highest BCUT2D eigenvalue weighted by Crippen LogP contribution is 2.41. The number of ether oxygens (including phenoxy) is 2. The van der Waals surface area contributed by atoms with Gasteiger partial charge >= 0.3 is 0 Å². The quantitative estimate of drug-likeness (QED) is 0.678. The molecule has 1 aromatic heterocycles. The van der Waals surface area contributed by atoms with E-state index in [-0.39, 0.29) is 12.2 Å². The average molecular weight is 348 g/mol. The summed E-state index contributed by atoms with van der Waals surface area (Å²) in [7, 11) is 0. The van der Waals surface area contributed by atoms with E-state index in [0.717, 1.165) is 23.3 Å². The second-order valence-corrected chi connectivity index (χ2v) is 6.85. The van der Waals surface area contributed by atoms with Gasteiger partial charge in [0.2, 0.25) is 5.89 Å². The van der Waals surface area contributed by atoms with Crippen LogP contribution in [-0.4, -0.2) is 15.8 Å². The minimum atomic E-state index is -0.207. The molecular formula is C21H20N2O3. The lowest BCUT2D eigenvalue weighted by Crippen LogP contribution is -2.24. The molecule has 3 aromatic rings. The Balaban J connectivity index is 1.42. The summed E-state index contributed by atoms with van der Waals surface area (Å²) in [5, 5.41) is 8.06. The zero-order chi connectivity index (χ0) is 18.0. The number of hydrogen-bond acceptors (Lipinski definition) is 5. The van der Waals surface area contributed by atoms with Gasteiger partial charge in [-0.3, -0.25) is 0 Å². The normalized spacial score (nSPS) is 15.0. The molecule has 0 radical (unpaired) electrons. The van der Waals surface area contributed by atoms with Crippen LogP contribution >= 0.6 is 0 Å². The lowest BCUT2D eigenvalue weighted by atomic mass is 10.0. The summed E-state index contributed by atoms with van der Waals surface area (Å²) in [5.41, 5.74) is 2.02. The molecule has 5 nitrogen and oxygen atoms in total. The van der Waals surface area contributed by atoms with E-state index in [9.17, 15) is 0 Å². The van der Waals surface area contributed by atoms with Crippen molar-refractivity contribution in [2.45, 2.75) is 32.5 Å². The molecular weight excluding hydrogens is 328 g/mol. The van der Waals surface area contributed by atoms with Crippen molar-refractivity contribution in [3.8, 4) is 11.5 Å². The van der Waals surface area contributed by atoms with Gasteiger partial charge in [-0.25, -0.2) is 0 Å². The molecule has 0 spiro atoms. The molecule has 2 heterocycles. The highest BCUT2D eigenvalue weighted by molar-refractivity contribution is 5.65. The second kappa shape index (κ2) is 6.67. The van der Waals surface area contributed by atoms with Crippen LogP contribution in [0.15, 0.2) is 52.9 Å². The topological polar surface area (TPSA) is 57.4 Å². The van der Waals surface area contributed by atoms with Crippen molar-refractivity contribution in [3.05, 3.63) is 71.4 Å². The van der Waals surface area contributed by atoms with Crippen molar-refractivity contribution in [2.24, 2.45) is 0 Å². The van der Waals surface area contributed by atoms with Crippen LogP contribution in [-0.2, 0) is 13.0 Å². The Bertz CT molecular complexity index is 929. The van der Waals surface area contributed by atoms with Crippen LogP contribution < -0.4 is 9.47 Å². The maximum absolute atomic E-state index is 6.00. The monoisotopic (exact) mass is 348 g/mol. The predicted octanol–water partition coefficient (Wildman–Crippen LogP) is 4.53. The summed E-state index contributed by atoms with van der Waals surface area (Å²) in [6.07, 6.45) is 4.59. The van der Waals surface area contributed by atoms with Crippen LogP contribution in [0.5, 0.6) is 11.5 Å². The Hall–Kier alpha value is -3.08. The highest BCUT2D eigenvalue weighted by atomic mass is 16.5. The lowest BCUT2D eigenvalue weighted by molar-refractivity contribution is 0.130. The first kappa shape index (κ1) is 16.4. The molecule has 2 aromatic carbocycles. The zero-order valence-corrected chi connectivity index (χ0v) is 14.8. The zero-order valence-electron chi connectivity index (χ0n) is 14.8. The maximum Gasteiger partial charge on any atom is 0.254 e. The number of nitrogens with zero attached hydrogens (tertiary/aromatic N) is 2. The van der Waals surface area contributed by atoms with E-state index < -0.39 is 0 Å². The van der Waals surface area contributed by atoms with E-state index in [1.165, 1.54) is 0 Å². The summed E-state index contributed by atoms with van der Waals surface area (Å²) in [6, 6.07) is 15.9. The first-order valence-corrected chi connectivity index (χ1v) is 8.58. The van der Waals surface area contributed by atoms with E-state index in [0.29, 0.717) is 17.5 Å².